The minimum atomic E-state index is -0.229. The van der Waals surface area contributed by atoms with Gasteiger partial charge < -0.3 is 10.6 Å². The molecule has 1 aromatic heterocycles. The molecule has 0 saturated carbocycles. The average molecular weight is 198 g/mol. The molecule has 0 spiro atoms. The predicted molar refractivity (Wildman–Crippen MR) is 49.3 cm³/mol. The van der Waals surface area contributed by atoms with E-state index < -0.39 is 0 Å². The number of aromatic nitrogens is 4. The van der Waals surface area contributed by atoms with Gasteiger partial charge in [-0.25, -0.2) is 4.79 Å². The maximum absolute atomic E-state index is 11.1. The Balaban J connectivity index is 2.30. The van der Waals surface area contributed by atoms with Crippen LogP contribution in [0.1, 0.15) is 19.7 Å². The van der Waals surface area contributed by atoms with Crippen molar-refractivity contribution >= 4 is 6.03 Å². The van der Waals surface area contributed by atoms with Gasteiger partial charge in [-0.15, -0.1) is 10.2 Å². The maximum atomic E-state index is 11.1. The Morgan fingerprint density at radius 2 is 2.29 bits per heavy atom. The van der Waals surface area contributed by atoms with Crippen LogP contribution in [0.25, 0.3) is 0 Å². The molecular formula is C7H14N6O. The Morgan fingerprint density at radius 3 is 2.79 bits per heavy atom. The zero-order chi connectivity index (χ0) is 10.6. The summed E-state index contributed by atoms with van der Waals surface area (Å²) in [7, 11) is 1.67. The lowest BCUT2D eigenvalue weighted by atomic mass is 10.4. The minimum absolute atomic E-state index is 0.116. The Labute approximate surface area is 81.9 Å². The molecule has 0 bridgehead atoms. The Morgan fingerprint density at radius 1 is 1.57 bits per heavy atom. The molecule has 78 valence electrons. The van der Waals surface area contributed by atoms with Crippen molar-refractivity contribution in [1.29, 1.82) is 0 Å². The quantitative estimate of drug-likeness (QED) is 0.680. The van der Waals surface area contributed by atoms with Gasteiger partial charge >= 0.3 is 6.03 Å². The normalized spacial score (nSPS) is 10.3. The predicted octanol–water partition coefficient (Wildman–Crippen LogP) is -0.582. The van der Waals surface area contributed by atoms with E-state index in [9.17, 15) is 4.79 Å². The summed E-state index contributed by atoms with van der Waals surface area (Å²) in [4.78, 5) is 12.5. The van der Waals surface area contributed by atoms with Gasteiger partial charge in [-0.2, -0.15) is 4.80 Å². The summed E-state index contributed by atoms with van der Waals surface area (Å²) in [5, 5.41) is 16.6. The summed E-state index contributed by atoms with van der Waals surface area (Å²) in [5.74, 6) is 0.492. The zero-order valence-electron chi connectivity index (χ0n) is 8.48. The number of carbonyl (C=O) groups is 1. The van der Waals surface area contributed by atoms with E-state index in [2.05, 4.69) is 26.0 Å². The molecule has 0 aliphatic carbocycles. The fourth-order valence-corrected chi connectivity index (χ4v) is 0.867. The maximum Gasteiger partial charge on any atom is 0.315 e. The highest BCUT2D eigenvalue weighted by Gasteiger charge is 2.04. The van der Waals surface area contributed by atoms with Crippen molar-refractivity contribution in [1.82, 2.24) is 30.8 Å². The van der Waals surface area contributed by atoms with E-state index in [4.69, 9.17) is 0 Å². The summed E-state index contributed by atoms with van der Waals surface area (Å²) in [6.45, 7) is 4.06. The van der Waals surface area contributed by atoms with Crippen molar-refractivity contribution in [2.45, 2.75) is 26.4 Å². The molecule has 1 aromatic rings. The summed E-state index contributed by atoms with van der Waals surface area (Å²) in [6.07, 6.45) is 0. The van der Waals surface area contributed by atoms with Crippen molar-refractivity contribution in [3.05, 3.63) is 5.82 Å². The fraction of sp³-hybridized carbons (Fsp3) is 0.714. The molecule has 0 aromatic carbocycles. The Hall–Kier alpha value is -1.66. The van der Waals surface area contributed by atoms with Crippen molar-refractivity contribution in [3.63, 3.8) is 0 Å². The van der Waals surface area contributed by atoms with Gasteiger partial charge in [0, 0.05) is 6.04 Å². The van der Waals surface area contributed by atoms with Crippen molar-refractivity contribution < 1.29 is 4.79 Å². The first-order valence-corrected chi connectivity index (χ1v) is 4.35. The number of nitrogens with zero attached hydrogens (tertiary/aromatic N) is 4. The van der Waals surface area contributed by atoms with Gasteiger partial charge in [0.1, 0.15) is 0 Å². The number of rotatable bonds is 3. The zero-order valence-corrected chi connectivity index (χ0v) is 8.48. The molecule has 0 aliphatic heterocycles. The molecule has 2 N–H and O–H groups in total. The molecular weight excluding hydrogens is 184 g/mol. The second kappa shape index (κ2) is 4.54. The fourth-order valence-electron chi connectivity index (χ4n) is 0.867. The molecule has 0 saturated heterocycles. The standard InChI is InChI=1S/C7H14N6O/c1-5(2)9-7(14)8-4-6-10-12-13(3)11-6/h5H,4H2,1-3H3,(H2,8,9,14). The second-order valence-corrected chi connectivity index (χ2v) is 3.18. The average Bonchev–Trinajstić information content (AvgIpc) is 2.47. The molecule has 0 aliphatic rings. The molecule has 14 heavy (non-hydrogen) atoms. The van der Waals surface area contributed by atoms with E-state index in [1.807, 2.05) is 13.8 Å². The minimum Gasteiger partial charge on any atom is -0.336 e. The molecule has 7 heteroatoms. The Kier molecular flexibility index (Phi) is 3.38. The van der Waals surface area contributed by atoms with E-state index in [0.29, 0.717) is 5.82 Å². The van der Waals surface area contributed by atoms with Gasteiger partial charge in [0.15, 0.2) is 5.82 Å². The first-order chi connectivity index (χ1) is 6.58. The highest BCUT2D eigenvalue weighted by atomic mass is 16.2. The summed E-state index contributed by atoms with van der Waals surface area (Å²) in [6, 6.07) is -0.114. The molecule has 7 nitrogen and oxygen atoms in total. The van der Waals surface area contributed by atoms with Crippen LogP contribution >= 0.6 is 0 Å². The third-order valence-electron chi connectivity index (χ3n) is 1.38. The van der Waals surface area contributed by atoms with Crippen molar-refractivity contribution in [2.75, 3.05) is 0 Å². The number of urea groups is 1. The van der Waals surface area contributed by atoms with Crippen LogP contribution in [0, 0.1) is 0 Å². The largest absolute Gasteiger partial charge is 0.336 e. The number of amides is 2. The first kappa shape index (κ1) is 10.4. The van der Waals surface area contributed by atoms with E-state index in [1.165, 1.54) is 4.80 Å². The van der Waals surface area contributed by atoms with E-state index in [1.54, 1.807) is 7.05 Å². The number of tetrazole rings is 1. The van der Waals surface area contributed by atoms with Crippen LogP contribution in [0.4, 0.5) is 4.79 Å². The van der Waals surface area contributed by atoms with Gasteiger partial charge in [-0.3, -0.25) is 0 Å². The molecule has 1 heterocycles. The highest BCUT2D eigenvalue weighted by Crippen LogP contribution is 1.84. The molecule has 0 unspecified atom stereocenters. The first-order valence-electron chi connectivity index (χ1n) is 4.35. The van der Waals surface area contributed by atoms with E-state index in [-0.39, 0.29) is 18.6 Å². The number of hydrogen-bond donors (Lipinski definition) is 2. The number of carbonyl (C=O) groups excluding carboxylic acids is 1. The SMILES string of the molecule is CC(C)NC(=O)NCc1nnn(C)n1. The third kappa shape index (κ3) is 3.38. The highest BCUT2D eigenvalue weighted by molar-refractivity contribution is 5.73. The van der Waals surface area contributed by atoms with Crippen LogP contribution in [-0.4, -0.2) is 32.3 Å². The number of hydrogen-bond acceptors (Lipinski definition) is 4. The molecule has 1 rings (SSSR count). The van der Waals surface area contributed by atoms with Crippen LogP contribution < -0.4 is 10.6 Å². The van der Waals surface area contributed by atoms with Gasteiger partial charge in [0.2, 0.25) is 0 Å². The summed E-state index contributed by atoms with van der Waals surface area (Å²) < 4.78 is 0. The summed E-state index contributed by atoms with van der Waals surface area (Å²) in [5.41, 5.74) is 0. The van der Waals surface area contributed by atoms with Gasteiger partial charge in [-0.05, 0) is 19.1 Å². The second-order valence-electron chi connectivity index (χ2n) is 3.18. The molecule has 0 atom stereocenters. The topological polar surface area (TPSA) is 84.7 Å². The van der Waals surface area contributed by atoms with Crippen molar-refractivity contribution in [3.8, 4) is 0 Å². The van der Waals surface area contributed by atoms with Gasteiger partial charge in [0.25, 0.3) is 0 Å². The van der Waals surface area contributed by atoms with Crippen molar-refractivity contribution in [2.24, 2.45) is 7.05 Å². The van der Waals surface area contributed by atoms with Crippen LogP contribution in [-0.2, 0) is 13.6 Å². The number of aryl methyl sites for hydroxylation is 1. The molecule has 2 amide bonds. The van der Waals surface area contributed by atoms with Crippen LogP contribution in [0.5, 0.6) is 0 Å². The van der Waals surface area contributed by atoms with Crippen LogP contribution in [0.15, 0.2) is 0 Å². The lowest BCUT2D eigenvalue weighted by Crippen LogP contribution is -2.39. The van der Waals surface area contributed by atoms with Crippen LogP contribution in [0.3, 0.4) is 0 Å². The third-order valence-corrected chi connectivity index (χ3v) is 1.38. The van der Waals surface area contributed by atoms with E-state index >= 15 is 0 Å². The van der Waals surface area contributed by atoms with Gasteiger partial charge in [0.05, 0.1) is 13.6 Å². The lowest BCUT2D eigenvalue weighted by Gasteiger charge is -2.08. The van der Waals surface area contributed by atoms with E-state index in [0.717, 1.165) is 0 Å². The Bertz CT molecular complexity index is 307. The lowest BCUT2D eigenvalue weighted by molar-refractivity contribution is 0.238. The molecule has 0 fully saturated rings. The smallest absolute Gasteiger partial charge is 0.315 e. The van der Waals surface area contributed by atoms with Gasteiger partial charge in [-0.1, -0.05) is 0 Å². The number of nitrogens with one attached hydrogen (secondary N) is 2. The summed E-state index contributed by atoms with van der Waals surface area (Å²) >= 11 is 0. The monoisotopic (exact) mass is 198 g/mol. The van der Waals surface area contributed by atoms with Crippen LogP contribution in [0.2, 0.25) is 0 Å². The molecule has 0 radical (unpaired) electrons.